The predicted octanol–water partition coefficient (Wildman–Crippen LogP) is 2.57. The summed E-state index contributed by atoms with van der Waals surface area (Å²) in [4.78, 5) is 18.6. The predicted molar refractivity (Wildman–Crippen MR) is 104 cm³/mol. The largest absolute Gasteiger partial charge is 0.370 e. The fraction of sp³-hybridized carbons (Fsp3) is 0.368. The summed E-state index contributed by atoms with van der Waals surface area (Å²) in [5, 5.41) is 2.86. The Morgan fingerprint density at radius 1 is 1.19 bits per heavy atom. The monoisotopic (exact) mass is 373 g/mol. The van der Waals surface area contributed by atoms with Crippen molar-refractivity contribution in [2.75, 3.05) is 28.8 Å². The van der Waals surface area contributed by atoms with E-state index in [0.29, 0.717) is 12.1 Å². The molecule has 26 heavy (non-hydrogen) atoms. The van der Waals surface area contributed by atoms with Crippen molar-refractivity contribution in [2.24, 2.45) is 0 Å². The molecule has 1 atom stereocenters. The van der Waals surface area contributed by atoms with E-state index in [-0.39, 0.29) is 23.5 Å². The van der Waals surface area contributed by atoms with Gasteiger partial charge >= 0.3 is 0 Å². The Morgan fingerprint density at radius 2 is 1.96 bits per heavy atom. The molecule has 2 aromatic rings. The first-order chi connectivity index (χ1) is 12.2. The molecule has 0 spiro atoms. The molecule has 1 aliphatic rings. The van der Waals surface area contributed by atoms with Crippen molar-refractivity contribution in [3.63, 3.8) is 0 Å². The average molecular weight is 373 g/mol. The summed E-state index contributed by atoms with van der Waals surface area (Å²) < 4.78 is 23.4. The number of nitrogens with zero attached hydrogens (tertiary/aromatic N) is 2. The Balaban J connectivity index is 1.76. The second-order valence-corrected chi connectivity index (χ2v) is 9.05. The fourth-order valence-electron chi connectivity index (χ4n) is 3.07. The lowest BCUT2D eigenvalue weighted by Crippen LogP contribution is -2.32. The van der Waals surface area contributed by atoms with Crippen molar-refractivity contribution in [3.8, 4) is 0 Å². The molecular weight excluding hydrogens is 350 g/mol. The van der Waals surface area contributed by atoms with Crippen LogP contribution >= 0.6 is 0 Å². The molecule has 7 heteroatoms. The van der Waals surface area contributed by atoms with Crippen molar-refractivity contribution in [3.05, 3.63) is 53.3 Å². The third-order valence-corrected chi connectivity index (χ3v) is 6.65. The molecule has 0 radical (unpaired) electrons. The maximum Gasteiger partial charge on any atom is 0.274 e. The summed E-state index contributed by atoms with van der Waals surface area (Å²) in [6, 6.07) is 9.16. The van der Waals surface area contributed by atoms with Crippen LogP contribution in [-0.4, -0.2) is 43.9 Å². The number of pyridine rings is 1. The Kier molecular flexibility index (Phi) is 5.00. The lowest BCUT2D eigenvalue weighted by atomic mass is 10.1. The van der Waals surface area contributed by atoms with Gasteiger partial charge in [-0.1, -0.05) is 6.07 Å². The maximum atomic E-state index is 12.5. The van der Waals surface area contributed by atoms with Crippen LogP contribution in [-0.2, 0) is 9.84 Å². The van der Waals surface area contributed by atoms with E-state index >= 15 is 0 Å². The van der Waals surface area contributed by atoms with E-state index in [2.05, 4.69) is 10.3 Å². The fourth-order valence-corrected chi connectivity index (χ4v) is 4.84. The van der Waals surface area contributed by atoms with Gasteiger partial charge in [0.05, 0.1) is 11.5 Å². The number of hydrogen-bond acceptors (Lipinski definition) is 5. The third kappa shape index (κ3) is 4.04. The summed E-state index contributed by atoms with van der Waals surface area (Å²) in [7, 11) is -1.11. The molecule has 138 valence electrons. The molecule has 1 aromatic carbocycles. The number of aromatic nitrogens is 1. The van der Waals surface area contributed by atoms with Crippen molar-refractivity contribution in [1.82, 2.24) is 4.98 Å². The summed E-state index contributed by atoms with van der Waals surface area (Å²) in [5.41, 5.74) is 4.07. The van der Waals surface area contributed by atoms with Gasteiger partial charge in [-0.25, -0.2) is 8.42 Å². The quantitative estimate of drug-likeness (QED) is 0.891. The normalized spacial score (nSPS) is 18.5. The van der Waals surface area contributed by atoms with Gasteiger partial charge in [0.25, 0.3) is 5.91 Å². The lowest BCUT2D eigenvalue weighted by molar-refractivity contribution is 0.102. The number of sulfone groups is 1. The molecule has 1 saturated heterocycles. The zero-order valence-electron chi connectivity index (χ0n) is 15.2. The summed E-state index contributed by atoms with van der Waals surface area (Å²) in [5.74, 6) is 0.0750. The van der Waals surface area contributed by atoms with Crippen LogP contribution in [0.3, 0.4) is 0 Å². The van der Waals surface area contributed by atoms with Gasteiger partial charge in [-0.15, -0.1) is 0 Å². The molecule has 6 nitrogen and oxygen atoms in total. The van der Waals surface area contributed by atoms with E-state index in [4.69, 9.17) is 0 Å². The van der Waals surface area contributed by atoms with Crippen LogP contribution in [0, 0.1) is 13.8 Å². The Bertz CT molecular complexity index is 941. The van der Waals surface area contributed by atoms with Crippen LogP contribution in [0.15, 0.2) is 36.5 Å². The Labute approximate surface area is 154 Å². The van der Waals surface area contributed by atoms with Gasteiger partial charge in [0, 0.05) is 30.7 Å². The van der Waals surface area contributed by atoms with Crippen molar-refractivity contribution >= 4 is 27.1 Å². The number of amides is 1. The summed E-state index contributed by atoms with van der Waals surface area (Å²) >= 11 is 0. The number of nitrogens with one attached hydrogen (secondary N) is 1. The van der Waals surface area contributed by atoms with E-state index in [1.807, 2.05) is 44.0 Å². The smallest absolute Gasteiger partial charge is 0.274 e. The molecule has 0 bridgehead atoms. The van der Waals surface area contributed by atoms with Crippen LogP contribution in [0.2, 0.25) is 0 Å². The van der Waals surface area contributed by atoms with Gasteiger partial charge in [-0.3, -0.25) is 9.78 Å². The van der Waals surface area contributed by atoms with Gasteiger partial charge in [-0.05, 0) is 55.7 Å². The molecule has 0 saturated carbocycles. The maximum absolute atomic E-state index is 12.5. The molecule has 1 aliphatic heterocycles. The first kappa shape index (κ1) is 18.4. The first-order valence-electron chi connectivity index (χ1n) is 8.53. The average Bonchev–Trinajstić information content (AvgIpc) is 2.97. The van der Waals surface area contributed by atoms with Gasteiger partial charge in [0.15, 0.2) is 9.84 Å². The molecule has 1 aromatic heterocycles. The number of anilines is 2. The van der Waals surface area contributed by atoms with E-state index in [9.17, 15) is 13.2 Å². The van der Waals surface area contributed by atoms with Gasteiger partial charge < -0.3 is 10.2 Å². The molecule has 1 unspecified atom stereocenters. The number of benzene rings is 1. The molecule has 3 rings (SSSR count). The zero-order valence-corrected chi connectivity index (χ0v) is 16.0. The number of carbonyl (C=O) groups is 1. The van der Waals surface area contributed by atoms with Gasteiger partial charge in [0.2, 0.25) is 0 Å². The number of hydrogen-bond donors (Lipinski definition) is 1. The molecule has 1 amide bonds. The van der Waals surface area contributed by atoms with E-state index in [1.54, 1.807) is 18.3 Å². The van der Waals surface area contributed by atoms with E-state index < -0.39 is 9.84 Å². The standard InChI is InChI=1S/C19H23N3O3S/c1-13-4-5-15(10-14(13)2)21-19(23)18-11-16(6-8-20-18)22(3)17-7-9-26(24,25)12-17/h4-6,8,10-11,17H,7,9,12H2,1-3H3,(H,21,23). The minimum atomic E-state index is -2.96. The number of carbonyl (C=O) groups excluding carboxylic acids is 1. The second-order valence-electron chi connectivity index (χ2n) is 6.82. The summed E-state index contributed by atoms with van der Waals surface area (Å²) in [6.07, 6.45) is 2.18. The molecular formula is C19H23N3O3S. The van der Waals surface area contributed by atoms with Crippen LogP contribution in [0.25, 0.3) is 0 Å². The Hall–Kier alpha value is -2.41. The first-order valence-corrected chi connectivity index (χ1v) is 10.4. The third-order valence-electron chi connectivity index (χ3n) is 4.90. The SMILES string of the molecule is Cc1ccc(NC(=O)c2cc(N(C)C3CCS(=O)(=O)C3)ccn2)cc1C. The highest BCUT2D eigenvalue weighted by Gasteiger charge is 2.31. The minimum Gasteiger partial charge on any atom is -0.370 e. The second kappa shape index (κ2) is 7.07. The summed E-state index contributed by atoms with van der Waals surface area (Å²) in [6.45, 7) is 4.01. The van der Waals surface area contributed by atoms with Crippen molar-refractivity contribution in [2.45, 2.75) is 26.3 Å². The van der Waals surface area contributed by atoms with Gasteiger partial charge in [-0.2, -0.15) is 0 Å². The zero-order chi connectivity index (χ0) is 18.9. The number of rotatable bonds is 4. The highest BCUT2D eigenvalue weighted by atomic mass is 32.2. The van der Waals surface area contributed by atoms with Crippen LogP contribution in [0.4, 0.5) is 11.4 Å². The van der Waals surface area contributed by atoms with Gasteiger partial charge in [0.1, 0.15) is 5.69 Å². The highest BCUT2D eigenvalue weighted by molar-refractivity contribution is 7.91. The van der Waals surface area contributed by atoms with Crippen LogP contribution in [0.5, 0.6) is 0 Å². The molecule has 1 N–H and O–H groups in total. The van der Waals surface area contributed by atoms with Crippen LogP contribution < -0.4 is 10.2 Å². The van der Waals surface area contributed by atoms with Crippen LogP contribution in [0.1, 0.15) is 28.0 Å². The topological polar surface area (TPSA) is 79.4 Å². The highest BCUT2D eigenvalue weighted by Crippen LogP contribution is 2.23. The minimum absolute atomic E-state index is 0.0712. The van der Waals surface area contributed by atoms with Crippen molar-refractivity contribution in [1.29, 1.82) is 0 Å². The van der Waals surface area contributed by atoms with E-state index in [0.717, 1.165) is 22.5 Å². The van der Waals surface area contributed by atoms with E-state index in [1.165, 1.54) is 0 Å². The number of aryl methyl sites for hydroxylation is 2. The Morgan fingerprint density at radius 3 is 2.62 bits per heavy atom. The lowest BCUT2D eigenvalue weighted by Gasteiger charge is -2.25. The van der Waals surface area contributed by atoms with Crippen molar-refractivity contribution < 1.29 is 13.2 Å². The molecule has 1 fully saturated rings. The molecule has 2 heterocycles. The molecule has 0 aliphatic carbocycles.